The maximum atomic E-state index is 12.3. The Bertz CT molecular complexity index is 978. The van der Waals surface area contributed by atoms with Crippen LogP contribution in [0.1, 0.15) is 49.9 Å². The van der Waals surface area contributed by atoms with Crippen molar-refractivity contribution in [3.05, 3.63) is 68.0 Å². The number of unbranched alkanes of at least 4 members (excludes halogenated alkanes) is 2. The summed E-state index contributed by atoms with van der Waals surface area (Å²) >= 11 is 0. The monoisotopic (exact) mass is 397 g/mol. The van der Waals surface area contributed by atoms with Crippen molar-refractivity contribution in [3.8, 4) is 6.07 Å². The molecule has 1 heterocycles. The van der Waals surface area contributed by atoms with E-state index < -0.39 is 0 Å². The van der Waals surface area contributed by atoms with Gasteiger partial charge in [-0.2, -0.15) is 5.26 Å². The van der Waals surface area contributed by atoms with Crippen molar-refractivity contribution in [2.75, 3.05) is 19.6 Å². The van der Waals surface area contributed by atoms with E-state index in [0.29, 0.717) is 12.2 Å². The van der Waals surface area contributed by atoms with Crippen LogP contribution in [0, 0.1) is 18.3 Å². The van der Waals surface area contributed by atoms with Crippen LogP contribution in [0.15, 0.2) is 39.9 Å². The van der Waals surface area contributed by atoms with E-state index in [1.165, 1.54) is 15.2 Å². The molecule has 0 unspecified atom stereocenters. The van der Waals surface area contributed by atoms with Gasteiger partial charge in [-0.05, 0) is 46.1 Å². The van der Waals surface area contributed by atoms with Crippen molar-refractivity contribution in [3.63, 3.8) is 0 Å². The zero-order valence-corrected chi connectivity index (χ0v) is 18.1. The van der Waals surface area contributed by atoms with Gasteiger partial charge >= 0.3 is 5.69 Å². The molecule has 0 bridgehead atoms. The van der Waals surface area contributed by atoms with Crippen molar-refractivity contribution >= 4 is 0 Å². The van der Waals surface area contributed by atoms with E-state index in [1.807, 2.05) is 18.2 Å². The van der Waals surface area contributed by atoms with Crippen LogP contribution in [0.4, 0.5) is 0 Å². The van der Waals surface area contributed by atoms with Crippen molar-refractivity contribution in [1.29, 1.82) is 5.26 Å². The van der Waals surface area contributed by atoms with Gasteiger partial charge in [0.1, 0.15) is 6.54 Å². The van der Waals surface area contributed by atoms with E-state index in [2.05, 4.69) is 26.0 Å². The van der Waals surface area contributed by atoms with Crippen LogP contribution in [0.2, 0.25) is 0 Å². The van der Waals surface area contributed by atoms with Gasteiger partial charge in [-0.1, -0.05) is 18.2 Å². The Kier molecular flexibility index (Phi) is 7.98. The van der Waals surface area contributed by atoms with Crippen LogP contribution in [0.25, 0.3) is 0 Å². The molecule has 0 saturated carbocycles. The lowest BCUT2D eigenvalue weighted by Gasteiger charge is -2.37. The third kappa shape index (κ3) is 5.45. The maximum Gasteiger partial charge on any atom is 0.330 e. The maximum absolute atomic E-state index is 12.3. The second kappa shape index (κ2) is 10.2. The summed E-state index contributed by atoms with van der Waals surface area (Å²) in [7, 11) is 1.70. The molecule has 2 aromatic rings. The summed E-state index contributed by atoms with van der Waals surface area (Å²) in [6.45, 7) is 10.5. The average molecular weight is 398 g/mol. The lowest BCUT2D eigenvalue weighted by molar-refractivity contribution is -0.938. The molecule has 6 nitrogen and oxygen atoms in total. The van der Waals surface area contributed by atoms with E-state index in [9.17, 15) is 14.9 Å². The van der Waals surface area contributed by atoms with Crippen LogP contribution >= 0.6 is 0 Å². The molecule has 0 aliphatic rings. The average Bonchev–Trinajstić information content (AvgIpc) is 2.73. The molecule has 0 atom stereocenters. The zero-order chi connectivity index (χ0) is 21.4. The minimum absolute atomic E-state index is 0.217. The summed E-state index contributed by atoms with van der Waals surface area (Å²) in [5.41, 5.74) is 2.09. The number of hydrogen-bond donors (Lipinski definition) is 0. The summed E-state index contributed by atoms with van der Waals surface area (Å²) in [6, 6.07) is 11.7. The molecule has 6 heteroatoms. The Morgan fingerprint density at radius 2 is 1.76 bits per heavy atom. The van der Waals surface area contributed by atoms with Crippen LogP contribution in [0.5, 0.6) is 0 Å². The van der Waals surface area contributed by atoms with Gasteiger partial charge in [0.15, 0.2) is 0 Å². The normalized spacial score (nSPS) is 11.4. The predicted molar refractivity (Wildman–Crippen MR) is 116 cm³/mol. The Balaban J connectivity index is 1.97. The molecule has 1 aromatic heterocycles. The molecule has 29 heavy (non-hydrogen) atoms. The summed E-state index contributed by atoms with van der Waals surface area (Å²) in [6.07, 6.45) is 2.79. The van der Waals surface area contributed by atoms with Gasteiger partial charge in [0.05, 0.1) is 31.3 Å². The molecule has 0 fully saturated rings. The fraction of sp³-hybridized carbons (Fsp3) is 0.522. The molecule has 0 radical (unpaired) electrons. The predicted octanol–water partition coefficient (Wildman–Crippen LogP) is 2.95. The standard InChI is InChI=1S/C23H33N4O2/c1-5-27(6-2,18-21-13-9-8-12-20(21)17-24)15-11-7-10-14-26-22(28)16-19(3)25(4)23(26)29/h8-9,12-13,16H,5-7,10-11,14-15,18H2,1-4H3/q+1. The lowest BCUT2D eigenvalue weighted by Crippen LogP contribution is -2.47. The number of quaternary nitrogens is 1. The SMILES string of the molecule is CC[N+](CC)(CCCCCn1c(=O)cc(C)n(C)c1=O)Cc1ccccc1C#N. The molecule has 0 aliphatic heterocycles. The first-order valence-electron chi connectivity index (χ1n) is 10.5. The Labute approximate surface area is 173 Å². The summed E-state index contributed by atoms with van der Waals surface area (Å²) < 4.78 is 3.78. The first kappa shape index (κ1) is 22.6. The number of hydrogen-bond acceptors (Lipinski definition) is 3. The van der Waals surface area contributed by atoms with E-state index in [4.69, 9.17) is 0 Å². The van der Waals surface area contributed by atoms with Crippen LogP contribution in [0.3, 0.4) is 0 Å². The van der Waals surface area contributed by atoms with E-state index in [1.54, 1.807) is 14.0 Å². The number of rotatable bonds is 10. The lowest BCUT2D eigenvalue weighted by atomic mass is 10.1. The van der Waals surface area contributed by atoms with Crippen LogP contribution in [-0.4, -0.2) is 33.3 Å². The van der Waals surface area contributed by atoms with Crippen LogP contribution in [-0.2, 0) is 20.1 Å². The summed E-state index contributed by atoms with van der Waals surface area (Å²) in [5, 5.41) is 9.38. The highest BCUT2D eigenvalue weighted by Crippen LogP contribution is 2.19. The summed E-state index contributed by atoms with van der Waals surface area (Å²) in [4.78, 5) is 24.4. The molecular formula is C23H33N4O2+. The second-order valence-corrected chi connectivity index (χ2v) is 7.80. The number of benzene rings is 1. The number of nitrogens with zero attached hydrogens (tertiary/aromatic N) is 4. The van der Waals surface area contributed by atoms with E-state index in [-0.39, 0.29) is 11.2 Å². The highest BCUT2D eigenvalue weighted by molar-refractivity contribution is 5.36. The fourth-order valence-electron chi connectivity index (χ4n) is 3.85. The number of aryl methyl sites for hydroxylation is 1. The highest BCUT2D eigenvalue weighted by Gasteiger charge is 2.24. The zero-order valence-electron chi connectivity index (χ0n) is 18.1. The van der Waals surface area contributed by atoms with Crippen molar-refractivity contribution in [2.24, 2.45) is 7.05 Å². The van der Waals surface area contributed by atoms with Gasteiger partial charge in [-0.15, -0.1) is 0 Å². The minimum Gasteiger partial charge on any atom is -0.320 e. The molecule has 0 amide bonds. The quantitative estimate of drug-likeness (QED) is 0.457. The topological polar surface area (TPSA) is 67.8 Å². The van der Waals surface area contributed by atoms with E-state index in [0.717, 1.165) is 61.1 Å². The molecule has 156 valence electrons. The number of nitriles is 1. The Morgan fingerprint density at radius 3 is 2.41 bits per heavy atom. The fourth-order valence-corrected chi connectivity index (χ4v) is 3.85. The van der Waals surface area contributed by atoms with Gasteiger partial charge < -0.3 is 9.05 Å². The molecule has 0 saturated heterocycles. The third-order valence-electron chi connectivity index (χ3n) is 6.14. The van der Waals surface area contributed by atoms with Crippen molar-refractivity contribution < 1.29 is 4.48 Å². The van der Waals surface area contributed by atoms with E-state index >= 15 is 0 Å². The summed E-state index contributed by atoms with van der Waals surface area (Å²) in [5.74, 6) is 0. The smallest absolute Gasteiger partial charge is 0.320 e. The molecular weight excluding hydrogens is 364 g/mol. The molecule has 0 aliphatic carbocycles. The van der Waals surface area contributed by atoms with Crippen molar-refractivity contribution in [2.45, 2.75) is 53.1 Å². The molecule has 0 N–H and O–H groups in total. The molecule has 2 rings (SSSR count). The van der Waals surface area contributed by atoms with Gasteiger partial charge in [-0.3, -0.25) is 9.36 Å². The van der Waals surface area contributed by atoms with Gasteiger partial charge in [0.25, 0.3) is 5.56 Å². The van der Waals surface area contributed by atoms with Crippen molar-refractivity contribution in [1.82, 2.24) is 9.13 Å². The molecule has 0 spiro atoms. The Hall–Kier alpha value is -2.65. The van der Waals surface area contributed by atoms with Gasteiger partial charge in [0, 0.05) is 30.9 Å². The third-order valence-corrected chi connectivity index (χ3v) is 6.14. The van der Waals surface area contributed by atoms with Gasteiger partial charge in [-0.25, -0.2) is 4.79 Å². The van der Waals surface area contributed by atoms with Gasteiger partial charge in [0.2, 0.25) is 0 Å². The first-order chi connectivity index (χ1) is 13.9. The number of aromatic nitrogens is 2. The minimum atomic E-state index is -0.240. The highest BCUT2D eigenvalue weighted by atomic mass is 16.2. The first-order valence-corrected chi connectivity index (χ1v) is 10.5. The largest absolute Gasteiger partial charge is 0.330 e. The van der Waals surface area contributed by atoms with Crippen LogP contribution < -0.4 is 11.2 Å². The molecule has 1 aromatic carbocycles. The second-order valence-electron chi connectivity index (χ2n) is 7.80. The Morgan fingerprint density at radius 1 is 1.07 bits per heavy atom.